The first kappa shape index (κ1) is 16.2. The van der Waals surface area contributed by atoms with Gasteiger partial charge in [0, 0.05) is 5.02 Å². The highest BCUT2D eigenvalue weighted by molar-refractivity contribution is 7.89. The number of sulfonamides is 1. The molecule has 0 radical (unpaired) electrons. The predicted molar refractivity (Wildman–Crippen MR) is 81.1 cm³/mol. The summed E-state index contributed by atoms with van der Waals surface area (Å²) in [6.45, 7) is 4.96. The zero-order valence-electron chi connectivity index (χ0n) is 11.6. The Morgan fingerprint density at radius 1 is 1.33 bits per heavy atom. The van der Waals surface area contributed by atoms with E-state index in [0.717, 1.165) is 0 Å². The van der Waals surface area contributed by atoms with Gasteiger partial charge in [0.05, 0.1) is 11.1 Å². The topological polar surface area (TPSA) is 87.7 Å². The van der Waals surface area contributed by atoms with Crippen molar-refractivity contribution in [2.24, 2.45) is 0 Å². The van der Waals surface area contributed by atoms with Gasteiger partial charge >= 0.3 is 0 Å². The van der Waals surface area contributed by atoms with Crippen LogP contribution >= 0.6 is 23.2 Å². The van der Waals surface area contributed by atoms with Crippen molar-refractivity contribution in [2.75, 3.05) is 0 Å². The average Bonchev–Trinajstić information content (AvgIpc) is 2.89. The summed E-state index contributed by atoms with van der Waals surface area (Å²) in [6, 6.07) is 1.06. The van der Waals surface area contributed by atoms with E-state index in [1.54, 1.807) is 26.8 Å². The van der Waals surface area contributed by atoms with E-state index in [2.05, 4.69) is 19.9 Å². The SMILES string of the molecule is Cc1cc(Cl)c(C)c(S(=O)(=O)NC(C)c2ncn[nH]2)c1Cl. The minimum Gasteiger partial charge on any atom is -0.262 e. The van der Waals surface area contributed by atoms with E-state index in [4.69, 9.17) is 23.2 Å². The van der Waals surface area contributed by atoms with E-state index in [1.807, 2.05) is 0 Å². The second-order valence-corrected chi connectivity index (χ2v) is 7.09. The molecule has 2 aromatic rings. The summed E-state index contributed by atoms with van der Waals surface area (Å²) >= 11 is 12.2. The molecule has 1 aromatic heterocycles. The molecule has 0 amide bonds. The highest BCUT2D eigenvalue weighted by Crippen LogP contribution is 2.33. The smallest absolute Gasteiger partial charge is 0.243 e. The molecule has 0 bridgehead atoms. The van der Waals surface area contributed by atoms with Crippen LogP contribution in [0.3, 0.4) is 0 Å². The lowest BCUT2D eigenvalue weighted by Crippen LogP contribution is -2.28. The Bertz CT molecular complexity index is 734. The van der Waals surface area contributed by atoms with Crippen LogP contribution in [0.5, 0.6) is 0 Å². The van der Waals surface area contributed by atoms with Gasteiger partial charge in [-0.2, -0.15) is 5.10 Å². The number of nitrogens with one attached hydrogen (secondary N) is 2. The van der Waals surface area contributed by atoms with Crippen molar-refractivity contribution in [3.8, 4) is 0 Å². The normalized spacial score (nSPS) is 13.4. The van der Waals surface area contributed by atoms with Gasteiger partial charge in [0.15, 0.2) is 0 Å². The molecule has 0 saturated carbocycles. The lowest BCUT2D eigenvalue weighted by atomic mass is 10.2. The molecule has 0 aliphatic heterocycles. The van der Waals surface area contributed by atoms with E-state index in [9.17, 15) is 8.42 Å². The van der Waals surface area contributed by atoms with Crippen molar-refractivity contribution in [1.29, 1.82) is 0 Å². The van der Waals surface area contributed by atoms with E-state index >= 15 is 0 Å². The molecule has 1 unspecified atom stereocenters. The molecule has 9 heteroatoms. The highest BCUT2D eigenvalue weighted by Gasteiger charge is 2.26. The van der Waals surface area contributed by atoms with E-state index in [1.165, 1.54) is 6.33 Å². The minimum absolute atomic E-state index is 0.0134. The number of aromatic amines is 1. The minimum atomic E-state index is -3.85. The van der Waals surface area contributed by atoms with Gasteiger partial charge in [-0.1, -0.05) is 23.2 Å². The standard InChI is InChI=1S/C12H14Cl2N4O2S/c1-6-4-9(13)7(2)11(10(6)14)21(19,20)18-8(3)12-15-5-16-17-12/h4-5,8,18H,1-3H3,(H,15,16,17). The molecule has 1 heterocycles. The Morgan fingerprint density at radius 3 is 2.57 bits per heavy atom. The third-order valence-corrected chi connectivity index (χ3v) is 5.74. The van der Waals surface area contributed by atoms with Crippen LogP contribution in [0.15, 0.2) is 17.3 Å². The third-order valence-electron chi connectivity index (χ3n) is 3.03. The van der Waals surface area contributed by atoms with Crippen molar-refractivity contribution < 1.29 is 8.42 Å². The number of benzene rings is 1. The second-order valence-electron chi connectivity index (χ2n) is 4.66. The molecule has 0 spiro atoms. The van der Waals surface area contributed by atoms with Crippen LogP contribution in [0, 0.1) is 13.8 Å². The molecule has 1 aromatic carbocycles. The summed E-state index contributed by atoms with van der Waals surface area (Å²) in [5.41, 5.74) is 1.00. The number of hydrogen-bond donors (Lipinski definition) is 2. The number of rotatable bonds is 4. The fourth-order valence-electron chi connectivity index (χ4n) is 1.90. The van der Waals surface area contributed by atoms with Gasteiger partial charge in [0.25, 0.3) is 0 Å². The molecule has 2 N–H and O–H groups in total. The number of nitrogens with zero attached hydrogens (tertiary/aromatic N) is 2. The van der Waals surface area contributed by atoms with E-state index < -0.39 is 16.1 Å². The predicted octanol–water partition coefficient (Wildman–Crippen LogP) is 2.77. The Hall–Kier alpha value is -1.15. The van der Waals surface area contributed by atoms with Crippen LogP contribution in [0.25, 0.3) is 0 Å². The molecular weight excluding hydrogens is 335 g/mol. The van der Waals surface area contributed by atoms with Gasteiger partial charge in [-0.25, -0.2) is 18.1 Å². The zero-order chi connectivity index (χ0) is 15.8. The molecular formula is C12H14Cl2N4O2S. The van der Waals surface area contributed by atoms with Gasteiger partial charge in [0.2, 0.25) is 10.0 Å². The van der Waals surface area contributed by atoms with Crippen LogP contribution < -0.4 is 4.72 Å². The van der Waals surface area contributed by atoms with Gasteiger partial charge in [0.1, 0.15) is 17.0 Å². The summed E-state index contributed by atoms with van der Waals surface area (Å²) in [7, 11) is -3.85. The zero-order valence-corrected chi connectivity index (χ0v) is 13.9. The Morgan fingerprint density at radius 2 is 2.00 bits per heavy atom. The number of hydrogen-bond acceptors (Lipinski definition) is 4. The van der Waals surface area contributed by atoms with Gasteiger partial charge in [-0.05, 0) is 38.0 Å². The molecule has 2 rings (SSSR count). The first-order valence-corrected chi connectivity index (χ1v) is 8.30. The fourth-order valence-corrected chi connectivity index (χ4v) is 4.32. The first-order valence-electron chi connectivity index (χ1n) is 6.07. The van der Waals surface area contributed by atoms with Crippen molar-refractivity contribution in [2.45, 2.75) is 31.7 Å². The number of aryl methyl sites for hydroxylation is 1. The maximum atomic E-state index is 12.6. The van der Waals surface area contributed by atoms with Gasteiger partial charge in [-0.15, -0.1) is 0 Å². The molecule has 0 aliphatic carbocycles. The van der Waals surface area contributed by atoms with Crippen LogP contribution in [-0.2, 0) is 10.0 Å². The largest absolute Gasteiger partial charge is 0.262 e. The van der Waals surface area contributed by atoms with Gasteiger partial charge in [-0.3, -0.25) is 5.10 Å². The molecule has 1 atom stereocenters. The quantitative estimate of drug-likeness (QED) is 0.888. The summed E-state index contributed by atoms with van der Waals surface area (Å²) in [4.78, 5) is 3.91. The lowest BCUT2D eigenvalue weighted by molar-refractivity contribution is 0.559. The highest BCUT2D eigenvalue weighted by atomic mass is 35.5. The summed E-state index contributed by atoms with van der Waals surface area (Å²) in [5, 5.41) is 6.82. The maximum absolute atomic E-state index is 12.6. The summed E-state index contributed by atoms with van der Waals surface area (Å²) in [5.74, 6) is 0.408. The molecule has 0 saturated heterocycles. The second kappa shape index (κ2) is 5.92. The lowest BCUT2D eigenvalue weighted by Gasteiger charge is -2.16. The van der Waals surface area contributed by atoms with Crippen LogP contribution in [0.1, 0.15) is 29.9 Å². The van der Waals surface area contributed by atoms with Crippen LogP contribution in [-0.4, -0.2) is 23.6 Å². The molecule has 0 aliphatic rings. The van der Waals surface area contributed by atoms with Crippen LogP contribution in [0.4, 0.5) is 0 Å². The number of H-pyrrole nitrogens is 1. The molecule has 0 fully saturated rings. The van der Waals surface area contributed by atoms with Gasteiger partial charge < -0.3 is 0 Å². The van der Waals surface area contributed by atoms with Crippen molar-refractivity contribution in [3.05, 3.63) is 39.4 Å². The molecule has 114 valence electrons. The van der Waals surface area contributed by atoms with E-state index in [0.29, 0.717) is 22.0 Å². The Balaban J connectivity index is 2.46. The summed E-state index contributed by atoms with van der Waals surface area (Å²) < 4.78 is 27.6. The monoisotopic (exact) mass is 348 g/mol. The molecule has 21 heavy (non-hydrogen) atoms. The first-order chi connectivity index (χ1) is 9.74. The van der Waals surface area contributed by atoms with Crippen molar-refractivity contribution >= 4 is 33.2 Å². The third kappa shape index (κ3) is 3.21. The van der Waals surface area contributed by atoms with Crippen molar-refractivity contribution in [3.63, 3.8) is 0 Å². The van der Waals surface area contributed by atoms with Crippen LogP contribution in [0.2, 0.25) is 10.0 Å². The Kier molecular flexibility index (Phi) is 4.57. The number of aromatic nitrogens is 3. The maximum Gasteiger partial charge on any atom is 0.243 e. The summed E-state index contributed by atoms with van der Waals surface area (Å²) in [6.07, 6.45) is 1.31. The number of halogens is 2. The van der Waals surface area contributed by atoms with E-state index in [-0.39, 0.29) is 9.92 Å². The van der Waals surface area contributed by atoms with Crippen molar-refractivity contribution in [1.82, 2.24) is 19.9 Å². The molecule has 6 nitrogen and oxygen atoms in total. The Labute approximate surface area is 132 Å². The average molecular weight is 349 g/mol. The fraction of sp³-hybridized carbons (Fsp3) is 0.333.